The van der Waals surface area contributed by atoms with E-state index in [1.165, 1.54) is 0 Å². The quantitative estimate of drug-likeness (QED) is 0.649. The summed E-state index contributed by atoms with van der Waals surface area (Å²) < 4.78 is 5.65. The third-order valence-corrected chi connectivity index (χ3v) is 3.84. The predicted octanol–water partition coefficient (Wildman–Crippen LogP) is 2.16. The first-order valence-electron chi connectivity index (χ1n) is 8.76. The van der Waals surface area contributed by atoms with Crippen molar-refractivity contribution < 1.29 is 14.3 Å². The van der Waals surface area contributed by atoms with Crippen LogP contribution in [0.1, 0.15) is 10.4 Å². The van der Waals surface area contributed by atoms with Gasteiger partial charge in [0, 0.05) is 17.1 Å². The summed E-state index contributed by atoms with van der Waals surface area (Å²) in [6.07, 6.45) is 1.72. The Morgan fingerprint density at radius 3 is 2.61 bits per heavy atom. The first kappa shape index (κ1) is 18.9. The number of ether oxygens (including phenoxy) is 1. The van der Waals surface area contributed by atoms with Crippen LogP contribution in [0.25, 0.3) is 10.9 Å². The fourth-order valence-corrected chi connectivity index (χ4v) is 2.48. The largest absolute Gasteiger partial charge is 0.479 e. The van der Waals surface area contributed by atoms with Crippen LogP contribution in [0, 0.1) is 11.8 Å². The van der Waals surface area contributed by atoms with Gasteiger partial charge in [-0.3, -0.25) is 14.6 Å². The lowest BCUT2D eigenvalue weighted by molar-refractivity contribution is -0.119. The molecule has 2 aromatic carbocycles. The number of benzene rings is 2. The predicted molar refractivity (Wildman–Crippen MR) is 107 cm³/mol. The Balaban J connectivity index is 1.38. The van der Waals surface area contributed by atoms with Crippen LogP contribution in [0.3, 0.4) is 0 Å². The Kier molecular flexibility index (Phi) is 6.58. The summed E-state index contributed by atoms with van der Waals surface area (Å²) >= 11 is 0. The summed E-state index contributed by atoms with van der Waals surface area (Å²) in [4.78, 5) is 27.9. The molecule has 140 valence electrons. The molecule has 6 heteroatoms. The van der Waals surface area contributed by atoms with Crippen LogP contribution >= 0.6 is 0 Å². The van der Waals surface area contributed by atoms with E-state index < -0.39 is 0 Å². The van der Waals surface area contributed by atoms with Gasteiger partial charge in [-0.1, -0.05) is 48.2 Å². The summed E-state index contributed by atoms with van der Waals surface area (Å²) in [5.74, 6) is 5.72. The zero-order valence-electron chi connectivity index (χ0n) is 15.1. The Bertz CT molecular complexity index is 1020. The van der Waals surface area contributed by atoms with Crippen LogP contribution in [0.15, 0.2) is 66.9 Å². The van der Waals surface area contributed by atoms with E-state index in [-0.39, 0.29) is 31.5 Å². The molecule has 0 atom stereocenters. The van der Waals surface area contributed by atoms with E-state index in [1.54, 1.807) is 30.5 Å². The highest BCUT2D eigenvalue weighted by molar-refractivity contribution is 5.96. The molecule has 0 aliphatic rings. The van der Waals surface area contributed by atoms with Gasteiger partial charge in [0.05, 0.1) is 13.1 Å². The molecule has 0 spiro atoms. The van der Waals surface area contributed by atoms with Crippen molar-refractivity contribution in [2.24, 2.45) is 0 Å². The molecule has 2 amide bonds. The van der Waals surface area contributed by atoms with Gasteiger partial charge >= 0.3 is 0 Å². The third kappa shape index (κ3) is 5.32. The smallest absolute Gasteiger partial charge is 0.251 e. The number of aromatic nitrogens is 1. The molecule has 0 unspecified atom stereocenters. The molecule has 0 saturated heterocycles. The summed E-state index contributed by atoms with van der Waals surface area (Å²) in [5.41, 5.74) is 1.30. The van der Waals surface area contributed by atoms with Crippen molar-refractivity contribution in [2.75, 3.05) is 19.7 Å². The van der Waals surface area contributed by atoms with Crippen LogP contribution in [0.5, 0.6) is 5.75 Å². The lowest BCUT2D eigenvalue weighted by atomic mass is 10.2. The number of carbonyl (C=O) groups excluding carboxylic acids is 2. The van der Waals surface area contributed by atoms with Crippen LogP contribution in [0.2, 0.25) is 0 Å². The maximum Gasteiger partial charge on any atom is 0.251 e. The minimum absolute atomic E-state index is 0.104. The summed E-state index contributed by atoms with van der Waals surface area (Å²) in [5, 5.41) is 6.18. The van der Waals surface area contributed by atoms with Crippen molar-refractivity contribution in [2.45, 2.75) is 0 Å². The average molecular weight is 373 g/mol. The number of carbonyl (C=O) groups is 2. The van der Waals surface area contributed by atoms with Crippen molar-refractivity contribution in [3.05, 3.63) is 72.4 Å². The molecule has 0 radical (unpaired) electrons. The van der Waals surface area contributed by atoms with E-state index in [9.17, 15) is 9.59 Å². The average Bonchev–Trinajstić information content (AvgIpc) is 2.75. The molecule has 0 aliphatic carbocycles. The number of hydrogen-bond donors (Lipinski definition) is 2. The SMILES string of the molecule is O=C(CNC(=O)c1ccccc1)NCC#CCOc1cccc2cccnc12. The molecule has 1 aromatic heterocycles. The first-order chi connectivity index (χ1) is 13.7. The van der Waals surface area contributed by atoms with Gasteiger partial charge in [-0.2, -0.15) is 0 Å². The Labute approximate surface area is 162 Å². The molecule has 3 aromatic rings. The fourth-order valence-electron chi connectivity index (χ4n) is 2.48. The minimum atomic E-state index is -0.308. The fraction of sp³-hybridized carbons (Fsp3) is 0.136. The van der Waals surface area contributed by atoms with Gasteiger partial charge in [0.25, 0.3) is 5.91 Å². The lowest BCUT2D eigenvalue weighted by Crippen LogP contribution is -2.37. The number of nitrogens with one attached hydrogen (secondary N) is 2. The second kappa shape index (κ2) is 9.74. The van der Waals surface area contributed by atoms with Crippen LogP contribution in [-0.2, 0) is 4.79 Å². The monoisotopic (exact) mass is 373 g/mol. The minimum Gasteiger partial charge on any atom is -0.479 e. The van der Waals surface area contributed by atoms with E-state index in [0.717, 1.165) is 10.9 Å². The van der Waals surface area contributed by atoms with Gasteiger partial charge in [0.15, 0.2) is 0 Å². The van der Waals surface area contributed by atoms with E-state index in [2.05, 4.69) is 27.5 Å². The normalized spacial score (nSPS) is 9.86. The lowest BCUT2D eigenvalue weighted by Gasteiger charge is -2.05. The second-order valence-electron chi connectivity index (χ2n) is 5.80. The van der Waals surface area contributed by atoms with E-state index in [1.807, 2.05) is 36.4 Å². The summed E-state index contributed by atoms with van der Waals surface area (Å²) in [6.45, 7) is 0.265. The van der Waals surface area contributed by atoms with E-state index >= 15 is 0 Å². The van der Waals surface area contributed by atoms with Crippen molar-refractivity contribution >= 4 is 22.7 Å². The van der Waals surface area contributed by atoms with Crippen molar-refractivity contribution in [3.8, 4) is 17.6 Å². The molecule has 0 bridgehead atoms. The van der Waals surface area contributed by atoms with E-state index in [4.69, 9.17) is 4.74 Å². The topological polar surface area (TPSA) is 80.3 Å². The molecule has 0 fully saturated rings. The molecular weight excluding hydrogens is 354 g/mol. The summed E-state index contributed by atoms with van der Waals surface area (Å²) in [7, 11) is 0. The van der Waals surface area contributed by atoms with Gasteiger partial charge in [-0.15, -0.1) is 0 Å². The van der Waals surface area contributed by atoms with Crippen molar-refractivity contribution in [1.29, 1.82) is 0 Å². The highest BCUT2D eigenvalue weighted by Gasteiger charge is 2.06. The Hall–Kier alpha value is -3.85. The number of fused-ring (bicyclic) bond motifs is 1. The van der Waals surface area contributed by atoms with Crippen molar-refractivity contribution in [3.63, 3.8) is 0 Å². The summed E-state index contributed by atoms with van der Waals surface area (Å²) in [6, 6.07) is 18.3. The maximum absolute atomic E-state index is 11.9. The van der Waals surface area contributed by atoms with Crippen LogP contribution in [0.4, 0.5) is 0 Å². The second-order valence-corrected chi connectivity index (χ2v) is 5.80. The maximum atomic E-state index is 11.9. The van der Waals surface area contributed by atoms with Crippen molar-refractivity contribution in [1.82, 2.24) is 15.6 Å². The molecule has 2 N–H and O–H groups in total. The molecule has 0 saturated carbocycles. The standard InChI is InChI=1S/C22H19N3O3/c26-20(16-25-22(27)18-8-2-1-3-9-18)23-13-4-5-15-28-19-12-6-10-17-11-7-14-24-21(17)19/h1-3,6-12,14H,13,15-16H2,(H,23,26)(H,25,27). The number of hydrogen-bond acceptors (Lipinski definition) is 4. The molecule has 1 heterocycles. The van der Waals surface area contributed by atoms with Gasteiger partial charge in [0.2, 0.25) is 5.91 Å². The van der Waals surface area contributed by atoms with Crippen LogP contribution < -0.4 is 15.4 Å². The molecule has 0 aliphatic heterocycles. The first-order valence-corrected chi connectivity index (χ1v) is 8.76. The van der Waals surface area contributed by atoms with Gasteiger partial charge in [-0.05, 0) is 24.3 Å². The van der Waals surface area contributed by atoms with Gasteiger partial charge < -0.3 is 15.4 Å². The number of rotatable bonds is 6. The van der Waals surface area contributed by atoms with Gasteiger partial charge in [-0.25, -0.2) is 0 Å². The Morgan fingerprint density at radius 2 is 1.75 bits per heavy atom. The number of para-hydroxylation sites is 1. The molecule has 28 heavy (non-hydrogen) atoms. The van der Waals surface area contributed by atoms with Gasteiger partial charge in [0.1, 0.15) is 17.9 Å². The zero-order valence-corrected chi connectivity index (χ0v) is 15.1. The number of nitrogens with zero attached hydrogens (tertiary/aromatic N) is 1. The highest BCUT2D eigenvalue weighted by atomic mass is 16.5. The Morgan fingerprint density at radius 1 is 0.929 bits per heavy atom. The number of pyridine rings is 1. The zero-order chi connectivity index (χ0) is 19.6. The molecular formula is C22H19N3O3. The third-order valence-electron chi connectivity index (χ3n) is 3.84. The van der Waals surface area contributed by atoms with E-state index in [0.29, 0.717) is 11.3 Å². The molecule has 6 nitrogen and oxygen atoms in total. The molecule has 3 rings (SSSR count). The number of amides is 2. The highest BCUT2D eigenvalue weighted by Crippen LogP contribution is 2.22. The van der Waals surface area contributed by atoms with Crippen LogP contribution in [-0.4, -0.2) is 36.5 Å².